The molecular formula is C38H46O12. The maximum Gasteiger partial charge on any atom is 0.338 e. The van der Waals surface area contributed by atoms with Crippen LogP contribution < -0.4 is 9.47 Å². The fraction of sp³-hybridized carbons (Fsp3) is 0.474. The van der Waals surface area contributed by atoms with E-state index in [9.17, 15) is 19.2 Å². The fourth-order valence-corrected chi connectivity index (χ4v) is 5.38. The van der Waals surface area contributed by atoms with Crippen LogP contribution in [0.4, 0.5) is 0 Å². The van der Waals surface area contributed by atoms with E-state index in [-0.39, 0.29) is 13.2 Å². The summed E-state index contributed by atoms with van der Waals surface area (Å²) in [6.07, 6.45) is 6.93. The second-order valence-corrected chi connectivity index (χ2v) is 11.8. The van der Waals surface area contributed by atoms with Gasteiger partial charge in [-0.2, -0.15) is 0 Å². The number of hydrogen-bond donors (Lipinski definition) is 0. The van der Waals surface area contributed by atoms with Gasteiger partial charge >= 0.3 is 23.9 Å². The van der Waals surface area contributed by atoms with E-state index >= 15 is 0 Å². The van der Waals surface area contributed by atoms with Gasteiger partial charge in [0.2, 0.25) is 0 Å². The van der Waals surface area contributed by atoms with Crippen molar-refractivity contribution < 1.29 is 57.1 Å². The lowest BCUT2D eigenvalue weighted by atomic mass is 10.1. The molecule has 2 fully saturated rings. The van der Waals surface area contributed by atoms with Crippen molar-refractivity contribution >= 4 is 23.9 Å². The van der Waals surface area contributed by atoms with Crippen molar-refractivity contribution in [2.24, 2.45) is 0 Å². The first kappa shape index (κ1) is 38.1. The number of unbranched alkanes of at least 4 members (excludes halogenated alkanes) is 6. The van der Waals surface area contributed by atoms with Gasteiger partial charge in [0.25, 0.3) is 0 Å². The Balaban J connectivity index is 1.10. The van der Waals surface area contributed by atoms with Crippen molar-refractivity contribution in [2.75, 3.05) is 39.6 Å². The third-order valence-electron chi connectivity index (χ3n) is 8.10. The minimum atomic E-state index is -0.640. The maximum absolute atomic E-state index is 12.9. The fourth-order valence-electron chi connectivity index (χ4n) is 5.38. The monoisotopic (exact) mass is 694 g/mol. The Morgan fingerprint density at radius 1 is 0.560 bits per heavy atom. The Morgan fingerprint density at radius 2 is 0.920 bits per heavy atom. The zero-order valence-corrected chi connectivity index (χ0v) is 28.3. The van der Waals surface area contributed by atoms with E-state index in [0.717, 1.165) is 63.5 Å². The highest BCUT2D eigenvalue weighted by Gasteiger charge is 2.51. The lowest BCUT2D eigenvalue weighted by Crippen LogP contribution is -2.36. The van der Waals surface area contributed by atoms with Gasteiger partial charge in [0.1, 0.15) is 23.7 Å². The summed E-state index contributed by atoms with van der Waals surface area (Å²) < 4.78 is 44.5. The highest BCUT2D eigenvalue weighted by atomic mass is 16.7. The maximum atomic E-state index is 12.9. The van der Waals surface area contributed by atoms with Gasteiger partial charge in [-0.15, -0.1) is 0 Å². The lowest BCUT2D eigenvalue weighted by Gasteiger charge is -2.17. The van der Waals surface area contributed by atoms with E-state index in [2.05, 4.69) is 13.2 Å². The SMILES string of the molecule is C=CC(=O)OCCCCCCOc1ccc(C(=O)OC2COC3C2OC[C@H]3OC(=O)c2ccc(OCCCCCCOC(=O)C=C)cc2)cc1. The average Bonchev–Trinajstić information content (AvgIpc) is 3.73. The number of hydrogen-bond acceptors (Lipinski definition) is 12. The van der Waals surface area contributed by atoms with Gasteiger partial charge < -0.3 is 37.9 Å². The number of rotatable bonds is 22. The molecule has 270 valence electrons. The van der Waals surface area contributed by atoms with E-state index in [0.29, 0.717) is 49.1 Å². The third kappa shape index (κ3) is 12.3. The molecule has 12 heteroatoms. The molecule has 2 aromatic rings. The molecule has 0 N–H and O–H groups in total. The molecule has 3 unspecified atom stereocenters. The lowest BCUT2D eigenvalue weighted by molar-refractivity contribution is -0.138. The van der Waals surface area contributed by atoms with Crippen molar-refractivity contribution in [2.45, 2.75) is 75.8 Å². The first-order chi connectivity index (χ1) is 24.4. The first-order valence-corrected chi connectivity index (χ1v) is 17.1. The molecule has 4 atom stereocenters. The van der Waals surface area contributed by atoms with E-state index in [1.165, 1.54) is 0 Å². The molecule has 4 rings (SSSR count). The number of esters is 4. The van der Waals surface area contributed by atoms with Gasteiger partial charge in [-0.3, -0.25) is 0 Å². The molecule has 2 saturated heterocycles. The predicted octanol–water partition coefficient (Wildman–Crippen LogP) is 5.57. The molecule has 0 radical (unpaired) electrons. The van der Waals surface area contributed by atoms with Crippen LogP contribution in [0.2, 0.25) is 0 Å². The zero-order valence-electron chi connectivity index (χ0n) is 28.3. The topological polar surface area (TPSA) is 142 Å². The van der Waals surface area contributed by atoms with E-state index < -0.39 is 48.3 Å². The molecule has 2 aromatic carbocycles. The van der Waals surface area contributed by atoms with E-state index in [1.807, 2.05) is 0 Å². The minimum Gasteiger partial charge on any atom is -0.494 e. The summed E-state index contributed by atoms with van der Waals surface area (Å²) in [4.78, 5) is 47.8. The predicted molar refractivity (Wildman–Crippen MR) is 181 cm³/mol. The van der Waals surface area contributed by atoms with Crippen molar-refractivity contribution in [3.63, 3.8) is 0 Å². The average molecular weight is 695 g/mol. The van der Waals surface area contributed by atoms with Crippen LogP contribution in [0.5, 0.6) is 11.5 Å². The molecular weight excluding hydrogens is 648 g/mol. The minimum absolute atomic E-state index is 0.127. The van der Waals surface area contributed by atoms with Crippen LogP contribution in [0, 0.1) is 0 Å². The second-order valence-electron chi connectivity index (χ2n) is 11.8. The molecule has 0 aliphatic carbocycles. The van der Waals surface area contributed by atoms with Crippen molar-refractivity contribution in [1.82, 2.24) is 0 Å². The van der Waals surface area contributed by atoms with Crippen LogP contribution in [0.1, 0.15) is 72.1 Å². The highest BCUT2D eigenvalue weighted by molar-refractivity contribution is 5.90. The summed E-state index contributed by atoms with van der Waals surface area (Å²) in [6.45, 7) is 8.81. The Bertz CT molecular complexity index is 1300. The van der Waals surface area contributed by atoms with Crippen molar-refractivity contribution in [3.8, 4) is 11.5 Å². The summed E-state index contributed by atoms with van der Waals surface area (Å²) in [5.41, 5.74) is 0.735. The van der Waals surface area contributed by atoms with Crippen molar-refractivity contribution in [3.05, 3.63) is 85.0 Å². The molecule has 0 spiro atoms. The molecule has 50 heavy (non-hydrogen) atoms. The number of ether oxygens (including phenoxy) is 8. The van der Waals surface area contributed by atoms with Gasteiger partial charge in [0, 0.05) is 12.2 Å². The van der Waals surface area contributed by atoms with Gasteiger partial charge in [0.05, 0.1) is 50.8 Å². The summed E-state index contributed by atoms with van der Waals surface area (Å²) in [5, 5.41) is 0. The Morgan fingerprint density at radius 3 is 1.28 bits per heavy atom. The molecule has 2 aliphatic rings. The van der Waals surface area contributed by atoms with E-state index in [1.54, 1.807) is 48.5 Å². The molecule has 0 amide bonds. The van der Waals surface area contributed by atoms with Crippen LogP contribution >= 0.6 is 0 Å². The Labute approximate surface area is 292 Å². The highest BCUT2D eigenvalue weighted by Crippen LogP contribution is 2.32. The standard InChI is InChI=1S/C38H46O12/c1-3-33(39)45-23-11-7-5-9-21-43-29-17-13-27(14-18-29)37(41)49-31-25-47-36-32(26-48-35(31)36)50-38(42)28-15-19-30(20-16-28)44-22-10-6-8-12-24-46-34(40)4-2/h3-4,13-20,31-32,35-36H,1-2,5-12,21-26H2/t31-,32?,35?,36?/m1/s1. The molecule has 12 nitrogen and oxygen atoms in total. The largest absolute Gasteiger partial charge is 0.494 e. The summed E-state index contributed by atoms with van der Waals surface area (Å²) in [7, 11) is 0. The van der Waals surface area contributed by atoms with Gasteiger partial charge in [-0.05, 0) is 99.9 Å². The third-order valence-corrected chi connectivity index (χ3v) is 8.10. The van der Waals surface area contributed by atoms with Crippen LogP contribution in [0.25, 0.3) is 0 Å². The quantitative estimate of drug-likeness (QED) is 0.0658. The van der Waals surface area contributed by atoms with Crippen LogP contribution in [0.3, 0.4) is 0 Å². The van der Waals surface area contributed by atoms with Crippen LogP contribution in [-0.2, 0) is 38.0 Å². The summed E-state index contributed by atoms with van der Waals surface area (Å²) >= 11 is 0. The van der Waals surface area contributed by atoms with Gasteiger partial charge in [-0.1, -0.05) is 13.2 Å². The summed E-state index contributed by atoms with van der Waals surface area (Å²) in [5.74, 6) is -0.553. The first-order valence-electron chi connectivity index (χ1n) is 17.1. The Kier molecular flexibility index (Phi) is 15.8. The Hall–Kier alpha value is -4.68. The molecule has 2 heterocycles. The molecule has 2 aliphatic heterocycles. The van der Waals surface area contributed by atoms with Crippen LogP contribution in [0.15, 0.2) is 73.8 Å². The normalized spacial score (nSPS) is 19.1. The number of carbonyl (C=O) groups excluding carboxylic acids is 4. The van der Waals surface area contributed by atoms with Gasteiger partial charge in [-0.25, -0.2) is 19.2 Å². The number of fused-ring (bicyclic) bond motifs is 1. The smallest absolute Gasteiger partial charge is 0.338 e. The summed E-state index contributed by atoms with van der Waals surface area (Å²) in [6, 6.07) is 13.4. The second kappa shape index (κ2) is 20.7. The molecule has 0 saturated carbocycles. The molecule has 0 aromatic heterocycles. The van der Waals surface area contributed by atoms with Crippen molar-refractivity contribution in [1.29, 1.82) is 0 Å². The van der Waals surface area contributed by atoms with Gasteiger partial charge in [0.15, 0.2) is 12.2 Å². The van der Waals surface area contributed by atoms with Crippen LogP contribution in [-0.4, -0.2) is 87.9 Å². The number of benzene rings is 2. The number of carbonyl (C=O) groups is 4. The zero-order chi connectivity index (χ0) is 35.6. The van der Waals surface area contributed by atoms with E-state index in [4.69, 9.17) is 37.9 Å². The molecule has 0 bridgehead atoms.